The third-order valence-electron chi connectivity index (χ3n) is 6.78. The molecule has 180 valence electrons. The molecule has 1 atom stereocenters. The third kappa shape index (κ3) is 5.84. The highest BCUT2D eigenvalue weighted by Crippen LogP contribution is 2.29. The predicted octanol–water partition coefficient (Wildman–Crippen LogP) is 2.89. The van der Waals surface area contributed by atoms with Crippen molar-refractivity contribution < 1.29 is 13.2 Å². The summed E-state index contributed by atoms with van der Waals surface area (Å²) in [7, 11) is -1.62. The lowest BCUT2D eigenvalue weighted by atomic mass is 9.97. The van der Waals surface area contributed by atoms with E-state index < -0.39 is 10.0 Å². The second-order valence-corrected chi connectivity index (χ2v) is 12.1. The molecule has 1 N–H and O–H groups in total. The molecule has 1 amide bonds. The first-order chi connectivity index (χ1) is 15.8. The number of thiophene rings is 1. The van der Waals surface area contributed by atoms with Crippen LogP contribution in [0.2, 0.25) is 0 Å². The zero-order valence-electron chi connectivity index (χ0n) is 19.4. The predicted molar refractivity (Wildman–Crippen MR) is 132 cm³/mol. The molecule has 2 aliphatic heterocycles. The van der Waals surface area contributed by atoms with Crippen molar-refractivity contribution in [2.24, 2.45) is 5.92 Å². The number of rotatable bonds is 7. The number of carbonyl (C=O) groups is 1. The van der Waals surface area contributed by atoms with Gasteiger partial charge < -0.3 is 10.2 Å². The maximum Gasteiger partial charge on any atom is 0.251 e. The second kappa shape index (κ2) is 10.7. The smallest absolute Gasteiger partial charge is 0.251 e. The molecule has 2 aromatic rings. The summed E-state index contributed by atoms with van der Waals surface area (Å²) in [5.41, 5.74) is 0.377. The molecule has 7 nitrogen and oxygen atoms in total. The van der Waals surface area contributed by atoms with Crippen LogP contribution in [0.25, 0.3) is 0 Å². The molecular weight excluding hydrogens is 456 g/mol. The third-order valence-corrected chi connectivity index (χ3v) is 9.65. The number of piperazine rings is 1. The van der Waals surface area contributed by atoms with Crippen LogP contribution in [0.4, 0.5) is 0 Å². The van der Waals surface area contributed by atoms with Crippen molar-refractivity contribution in [3.8, 4) is 0 Å². The van der Waals surface area contributed by atoms with E-state index in [1.54, 1.807) is 29.5 Å². The van der Waals surface area contributed by atoms with E-state index in [1.807, 2.05) is 13.1 Å². The van der Waals surface area contributed by atoms with E-state index in [0.29, 0.717) is 38.3 Å². The quantitative estimate of drug-likeness (QED) is 0.646. The Kier molecular flexibility index (Phi) is 7.86. The van der Waals surface area contributed by atoms with E-state index in [-0.39, 0.29) is 16.8 Å². The van der Waals surface area contributed by atoms with Crippen LogP contribution in [-0.4, -0.2) is 81.3 Å². The van der Waals surface area contributed by atoms with Gasteiger partial charge in [0.2, 0.25) is 10.0 Å². The van der Waals surface area contributed by atoms with Gasteiger partial charge in [0, 0.05) is 43.2 Å². The molecule has 1 unspecified atom stereocenters. The molecule has 33 heavy (non-hydrogen) atoms. The zero-order valence-corrected chi connectivity index (χ0v) is 21.1. The number of amides is 1. The lowest BCUT2D eigenvalue weighted by Gasteiger charge is -2.36. The number of piperidine rings is 1. The lowest BCUT2D eigenvalue weighted by molar-refractivity contribution is 0.0914. The van der Waals surface area contributed by atoms with E-state index in [4.69, 9.17) is 0 Å². The van der Waals surface area contributed by atoms with Gasteiger partial charge >= 0.3 is 0 Å². The van der Waals surface area contributed by atoms with Crippen molar-refractivity contribution in [1.29, 1.82) is 0 Å². The Morgan fingerprint density at radius 3 is 2.48 bits per heavy atom. The molecule has 0 radical (unpaired) electrons. The monoisotopic (exact) mass is 490 g/mol. The number of hydrogen-bond donors (Lipinski definition) is 1. The zero-order chi connectivity index (χ0) is 23.4. The average molecular weight is 491 g/mol. The highest BCUT2D eigenvalue weighted by atomic mass is 32.2. The molecule has 1 aromatic heterocycles. The minimum Gasteiger partial charge on any atom is -0.350 e. The van der Waals surface area contributed by atoms with Crippen molar-refractivity contribution in [2.75, 3.05) is 52.9 Å². The van der Waals surface area contributed by atoms with Gasteiger partial charge in [0.1, 0.15) is 0 Å². The average Bonchev–Trinajstić information content (AvgIpc) is 3.35. The number of likely N-dealkylation sites (N-methyl/N-ethyl adjacent to an activating group) is 1. The van der Waals surface area contributed by atoms with Crippen LogP contribution in [0.5, 0.6) is 0 Å². The van der Waals surface area contributed by atoms with Crippen molar-refractivity contribution in [1.82, 2.24) is 19.4 Å². The first kappa shape index (κ1) is 24.3. The molecule has 4 rings (SSSR count). The Bertz CT molecular complexity index is 1030. The van der Waals surface area contributed by atoms with Crippen LogP contribution in [0.3, 0.4) is 0 Å². The van der Waals surface area contributed by atoms with Crippen LogP contribution in [-0.2, 0) is 10.0 Å². The van der Waals surface area contributed by atoms with Gasteiger partial charge in [-0.3, -0.25) is 9.69 Å². The molecule has 1 aromatic carbocycles. The normalized spacial score (nSPS) is 20.5. The Balaban J connectivity index is 1.44. The fraction of sp³-hybridized carbons (Fsp3) is 0.542. The second-order valence-electron chi connectivity index (χ2n) is 9.19. The summed E-state index contributed by atoms with van der Waals surface area (Å²) in [5.74, 6) is 0.502. The van der Waals surface area contributed by atoms with Crippen molar-refractivity contribution in [3.63, 3.8) is 0 Å². The van der Waals surface area contributed by atoms with Crippen LogP contribution in [0, 0.1) is 5.92 Å². The summed E-state index contributed by atoms with van der Waals surface area (Å²) in [4.78, 5) is 19.0. The molecule has 0 spiro atoms. The highest BCUT2D eigenvalue weighted by molar-refractivity contribution is 7.89. The van der Waals surface area contributed by atoms with E-state index in [9.17, 15) is 13.2 Å². The number of likely N-dealkylation sites (tertiary alicyclic amines) is 1. The minimum absolute atomic E-state index is 0.138. The number of nitrogens with zero attached hydrogens (tertiary/aromatic N) is 3. The van der Waals surface area contributed by atoms with Gasteiger partial charge in [-0.2, -0.15) is 4.31 Å². The Labute approximate surface area is 201 Å². The number of sulfonamides is 1. The van der Waals surface area contributed by atoms with Gasteiger partial charge in [-0.1, -0.05) is 19.1 Å². The lowest BCUT2D eigenvalue weighted by Crippen LogP contribution is -2.47. The van der Waals surface area contributed by atoms with Crippen molar-refractivity contribution in [2.45, 2.75) is 30.7 Å². The Morgan fingerprint density at radius 2 is 1.82 bits per heavy atom. The van der Waals surface area contributed by atoms with E-state index in [2.05, 4.69) is 33.5 Å². The van der Waals surface area contributed by atoms with Crippen LogP contribution in [0.1, 0.15) is 41.0 Å². The summed E-state index contributed by atoms with van der Waals surface area (Å²) < 4.78 is 27.7. The van der Waals surface area contributed by atoms with Gasteiger partial charge in [0.15, 0.2) is 0 Å². The van der Waals surface area contributed by atoms with Crippen LogP contribution in [0.15, 0.2) is 46.7 Å². The highest BCUT2D eigenvalue weighted by Gasteiger charge is 2.29. The summed E-state index contributed by atoms with van der Waals surface area (Å²) in [5, 5.41) is 5.14. The van der Waals surface area contributed by atoms with E-state index in [1.165, 1.54) is 28.1 Å². The Morgan fingerprint density at radius 1 is 1.09 bits per heavy atom. The fourth-order valence-corrected chi connectivity index (χ4v) is 6.83. The molecular formula is C24H34N4O3S2. The molecule has 9 heteroatoms. The maximum atomic E-state index is 13.1. The SMILES string of the molecule is CC1CCN(C(CNC(=O)c2cccc(S(=O)(=O)N3CCN(C)CC3)c2)c2cccs2)CC1. The summed E-state index contributed by atoms with van der Waals surface area (Å²) in [6.45, 7) is 7.19. The summed E-state index contributed by atoms with van der Waals surface area (Å²) >= 11 is 1.71. The molecule has 2 saturated heterocycles. The molecule has 0 bridgehead atoms. The molecule has 3 heterocycles. The van der Waals surface area contributed by atoms with Crippen LogP contribution < -0.4 is 5.32 Å². The summed E-state index contributed by atoms with van der Waals surface area (Å²) in [6.07, 6.45) is 2.34. The van der Waals surface area contributed by atoms with Gasteiger partial charge in [0.05, 0.1) is 10.9 Å². The molecule has 0 aliphatic carbocycles. The van der Waals surface area contributed by atoms with Gasteiger partial charge in [0.25, 0.3) is 5.91 Å². The maximum absolute atomic E-state index is 13.1. The fourth-order valence-electron chi connectivity index (χ4n) is 4.50. The minimum atomic E-state index is -3.61. The van der Waals surface area contributed by atoms with Crippen molar-refractivity contribution >= 4 is 27.3 Å². The molecule has 2 fully saturated rings. The standard InChI is InChI=1S/C24H34N4O3S2/c1-19-8-10-27(11-9-19)22(23-7-4-16-32-23)18-25-24(29)20-5-3-6-21(17-20)33(30,31)28-14-12-26(2)13-15-28/h3-7,16-17,19,22H,8-15,18H2,1-2H3,(H,25,29). The van der Waals surface area contributed by atoms with Gasteiger partial charge in [-0.25, -0.2) is 8.42 Å². The summed E-state index contributed by atoms with van der Waals surface area (Å²) in [6, 6.07) is 10.7. The molecule has 0 saturated carbocycles. The van der Waals surface area contributed by atoms with Crippen molar-refractivity contribution in [3.05, 3.63) is 52.2 Å². The topological polar surface area (TPSA) is 73.0 Å². The number of benzene rings is 1. The van der Waals surface area contributed by atoms with Gasteiger partial charge in [-0.05, 0) is 68.5 Å². The first-order valence-corrected chi connectivity index (χ1v) is 14.0. The van der Waals surface area contributed by atoms with Crippen LogP contribution >= 0.6 is 11.3 Å². The number of nitrogens with one attached hydrogen (secondary N) is 1. The van der Waals surface area contributed by atoms with E-state index >= 15 is 0 Å². The molecule has 2 aliphatic rings. The Hall–Kier alpha value is -1.78. The largest absolute Gasteiger partial charge is 0.350 e. The number of carbonyl (C=O) groups excluding carboxylic acids is 1. The van der Waals surface area contributed by atoms with Gasteiger partial charge in [-0.15, -0.1) is 11.3 Å². The van der Waals surface area contributed by atoms with E-state index in [0.717, 1.165) is 19.0 Å². The number of hydrogen-bond acceptors (Lipinski definition) is 6. The first-order valence-electron chi connectivity index (χ1n) is 11.7.